The smallest absolute Gasteiger partial charge is 0.293 e. The third-order valence-corrected chi connectivity index (χ3v) is 7.36. The number of anilines is 1. The normalized spacial score (nSPS) is 21.4. The summed E-state index contributed by atoms with van der Waals surface area (Å²) in [5.74, 6) is 0.134. The van der Waals surface area contributed by atoms with Crippen LogP contribution in [-0.4, -0.2) is 63.3 Å². The Kier molecular flexibility index (Phi) is 6.54. The first-order chi connectivity index (χ1) is 13.4. The first kappa shape index (κ1) is 21.0. The number of nitrogens with zero attached hydrogens (tertiary/aromatic N) is 3. The highest BCUT2D eigenvalue weighted by Gasteiger charge is 2.34. The molecule has 1 atom stereocenters. The second-order valence-electron chi connectivity index (χ2n) is 6.96. The molecule has 2 heterocycles. The lowest BCUT2D eigenvalue weighted by atomic mass is 9.96. The molecule has 0 bridgehead atoms. The average Bonchev–Trinajstić information content (AvgIpc) is 3.23. The van der Waals surface area contributed by atoms with Crippen molar-refractivity contribution in [2.45, 2.75) is 37.9 Å². The predicted molar refractivity (Wildman–Crippen MR) is 104 cm³/mol. The molecule has 0 aromatic heterocycles. The zero-order valence-electron chi connectivity index (χ0n) is 16.2. The van der Waals surface area contributed by atoms with E-state index in [4.69, 9.17) is 9.47 Å². The third-order valence-electron chi connectivity index (χ3n) is 5.32. The Hall–Kier alpha value is -1.75. The number of hydrogen-bond acceptors (Lipinski definition) is 7. The summed E-state index contributed by atoms with van der Waals surface area (Å²) in [4.78, 5) is 13.1. The van der Waals surface area contributed by atoms with Gasteiger partial charge in [-0.05, 0) is 25.0 Å². The minimum absolute atomic E-state index is 0.0531. The second-order valence-corrected chi connectivity index (χ2v) is 8.89. The molecular weight excluding hydrogens is 386 g/mol. The van der Waals surface area contributed by atoms with E-state index >= 15 is 0 Å². The minimum Gasteiger partial charge on any atom is -0.366 e. The van der Waals surface area contributed by atoms with Crippen LogP contribution in [0, 0.1) is 16.0 Å². The van der Waals surface area contributed by atoms with Crippen LogP contribution in [0.4, 0.5) is 11.4 Å². The van der Waals surface area contributed by atoms with Crippen molar-refractivity contribution in [2.24, 2.45) is 5.92 Å². The van der Waals surface area contributed by atoms with E-state index in [1.54, 1.807) is 19.9 Å². The molecule has 156 valence electrons. The number of hydrogen-bond donors (Lipinski definition) is 0. The quantitative estimate of drug-likeness (QED) is 0.499. The Morgan fingerprint density at radius 2 is 1.93 bits per heavy atom. The van der Waals surface area contributed by atoms with Gasteiger partial charge in [-0.1, -0.05) is 13.8 Å². The maximum Gasteiger partial charge on any atom is 0.293 e. The van der Waals surface area contributed by atoms with Crippen LogP contribution in [0.1, 0.15) is 26.7 Å². The van der Waals surface area contributed by atoms with Crippen LogP contribution in [0.15, 0.2) is 23.1 Å². The lowest BCUT2D eigenvalue weighted by Gasteiger charge is -2.35. The molecule has 9 nitrogen and oxygen atoms in total. The number of ether oxygens (including phenoxy) is 2. The Bertz CT molecular complexity index is 806. The molecule has 2 fully saturated rings. The van der Waals surface area contributed by atoms with Gasteiger partial charge in [0, 0.05) is 38.2 Å². The molecule has 1 aromatic carbocycles. The van der Waals surface area contributed by atoms with Crippen molar-refractivity contribution < 1.29 is 22.8 Å². The molecule has 0 saturated carbocycles. The molecule has 1 unspecified atom stereocenters. The molecule has 3 rings (SSSR count). The molecule has 28 heavy (non-hydrogen) atoms. The van der Waals surface area contributed by atoms with Gasteiger partial charge >= 0.3 is 0 Å². The summed E-state index contributed by atoms with van der Waals surface area (Å²) >= 11 is 0. The van der Waals surface area contributed by atoms with Gasteiger partial charge in [-0.2, -0.15) is 4.31 Å². The molecule has 0 radical (unpaired) electrons. The summed E-state index contributed by atoms with van der Waals surface area (Å²) in [7, 11) is -3.76. The summed E-state index contributed by atoms with van der Waals surface area (Å²) in [6.07, 6.45) is 1.53. The average molecular weight is 413 g/mol. The number of rotatable bonds is 7. The fourth-order valence-electron chi connectivity index (χ4n) is 3.89. The van der Waals surface area contributed by atoms with Gasteiger partial charge in [0.2, 0.25) is 10.0 Å². The van der Waals surface area contributed by atoms with Crippen molar-refractivity contribution >= 4 is 21.4 Å². The number of sulfonamides is 1. The van der Waals surface area contributed by atoms with Gasteiger partial charge in [-0.15, -0.1) is 0 Å². The molecular formula is C18H27N3O6S. The van der Waals surface area contributed by atoms with E-state index in [0.29, 0.717) is 45.1 Å². The number of piperidine rings is 1. The summed E-state index contributed by atoms with van der Waals surface area (Å²) in [6.45, 7) is 6.49. The van der Waals surface area contributed by atoms with Gasteiger partial charge in [0.25, 0.3) is 5.69 Å². The van der Waals surface area contributed by atoms with Crippen LogP contribution in [0.25, 0.3) is 0 Å². The monoisotopic (exact) mass is 413 g/mol. The van der Waals surface area contributed by atoms with Crippen LogP contribution in [0.2, 0.25) is 0 Å². The third kappa shape index (κ3) is 4.14. The molecule has 2 saturated heterocycles. The predicted octanol–water partition coefficient (Wildman–Crippen LogP) is 2.21. The van der Waals surface area contributed by atoms with Gasteiger partial charge in [0.05, 0.1) is 23.0 Å². The zero-order valence-corrected chi connectivity index (χ0v) is 17.1. The second kappa shape index (κ2) is 8.73. The highest BCUT2D eigenvalue weighted by atomic mass is 32.2. The molecule has 0 aliphatic carbocycles. The first-order valence-corrected chi connectivity index (χ1v) is 11.1. The van der Waals surface area contributed by atoms with Crippen molar-refractivity contribution in [1.29, 1.82) is 0 Å². The summed E-state index contributed by atoms with van der Waals surface area (Å²) in [6, 6.07) is 4.19. The number of benzene rings is 1. The molecule has 2 aliphatic heterocycles. The van der Waals surface area contributed by atoms with Crippen LogP contribution in [-0.2, 0) is 19.5 Å². The summed E-state index contributed by atoms with van der Waals surface area (Å²) in [5, 5.41) is 11.7. The van der Waals surface area contributed by atoms with E-state index in [1.165, 1.54) is 16.4 Å². The van der Waals surface area contributed by atoms with Gasteiger partial charge in [-0.3, -0.25) is 10.1 Å². The molecule has 10 heteroatoms. The maximum atomic E-state index is 12.7. The van der Waals surface area contributed by atoms with E-state index in [2.05, 4.69) is 0 Å². The Morgan fingerprint density at radius 3 is 2.54 bits per heavy atom. The van der Waals surface area contributed by atoms with Crippen molar-refractivity contribution in [2.75, 3.05) is 44.3 Å². The SMILES string of the molecule is CCN(CC)S(=O)(=O)c1ccc(N2CCCC(C3OCCO3)C2)c([N+](=O)[O-])c1. The van der Waals surface area contributed by atoms with E-state index in [1.807, 2.05) is 4.90 Å². The first-order valence-electron chi connectivity index (χ1n) is 9.65. The number of nitro groups is 1. The Balaban J connectivity index is 1.90. The van der Waals surface area contributed by atoms with E-state index in [0.717, 1.165) is 12.8 Å². The summed E-state index contributed by atoms with van der Waals surface area (Å²) in [5.41, 5.74) is 0.244. The summed E-state index contributed by atoms with van der Waals surface area (Å²) < 4.78 is 38.0. The maximum absolute atomic E-state index is 12.7. The molecule has 0 spiro atoms. The van der Waals surface area contributed by atoms with Crippen molar-refractivity contribution in [3.05, 3.63) is 28.3 Å². The highest BCUT2D eigenvalue weighted by Crippen LogP contribution is 2.35. The zero-order chi connectivity index (χ0) is 20.3. The Morgan fingerprint density at radius 1 is 1.25 bits per heavy atom. The highest BCUT2D eigenvalue weighted by molar-refractivity contribution is 7.89. The van der Waals surface area contributed by atoms with Gasteiger partial charge in [0.1, 0.15) is 5.69 Å². The molecule has 0 N–H and O–H groups in total. The minimum atomic E-state index is -3.76. The topological polar surface area (TPSA) is 102 Å². The van der Waals surface area contributed by atoms with Crippen LogP contribution in [0.3, 0.4) is 0 Å². The van der Waals surface area contributed by atoms with Crippen molar-refractivity contribution in [1.82, 2.24) is 4.31 Å². The van der Waals surface area contributed by atoms with Crippen molar-refractivity contribution in [3.63, 3.8) is 0 Å². The van der Waals surface area contributed by atoms with E-state index < -0.39 is 14.9 Å². The molecule has 2 aliphatic rings. The number of nitro benzene ring substituents is 1. The van der Waals surface area contributed by atoms with Crippen LogP contribution in [0.5, 0.6) is 0 Å². The lowest BCUT2D eigenvalue weighted by Crippen LogP contribution is -2.41. The van der Waals surface area contributed by atoms with Crippen LogP contribution >= 0.6 is 0 Å². The fraction of sp³-hybridized carbons (Fsp3) is 0.667. The van der Waals surface area contributed by atoms with E-state index in [9.17, 15) is 18.5 Å². The van der Waals surface area contributed by atoms with Gasteiger partial charge < -0.3 is 14.4 Å². The largest absolute Gasteiger partial charge is 0.366 e. The van der Waals surface area contributed by atoms with Gasteiger partial charge in [-0.25, -0.2) is 8.42 Å². The Labute approximate surface area is 165 Å². The van der Waals surface area contributed by atoms with Gasteiger partial charge in [0.15, 0.2) is 6.29 Å². The molecule has 1 aromatic rings. The van der Waals surface area contributed by atoms with Crippen LogP contribution < -0.4 is 4.90 Å². The van der Waals surface area contributed by atoms with Crippen molar-refractivity contribution in [3.8, 4) is 0 Å². The lowest BCUT2D eigenvalue weighted by molar-refractivity contribution is -0.384. The fourth-order valence-corrected chi connectivity index (χ4v) is 5.37. The standard InChI is InChI=1S/C18H27N3O6S/c1-3-20(4-2)28(24,25)15-7-8-16(17(12-15)21(22)23)19-9-5-6-14(13-19)18-26-10-11-27-18/h7-8,12,14,18H,3-6,9-11,13H2,1-2H3. The van der Waals surface area contributed by atoms with E-state index in [-0.39, 0.29) is 22.8 Å². The molecule has 0 amide bonds.